The Labute approximate surface area is 106 Å². The zero-order valence-corrected chi connectivity index (χ0v) is 10.3. The molecule has 0 saturated heterocycles. The maximum Gasteiger partial charge on any atom is 0.230 e. The number of anilines is 2. The monoisotopic (exact) mass is 244 g/mol. The maximum atomic E-state index is 5.68. The molecule has 0 unspecified atom stereocenters. The van der Waals surface area contributed by atoms with Crippen LogP contribution in [0.4, 0.5) is 11.6 Å². The Morgan fingerprint density at radius 2 is 2.11 bits per heavy atom. The number of hydrogen-bond acceptors (Lipinski definition) is 5. The van der Waals surface area contributed by atoms with E-state index in [1.807, 2.05) is 31.2 Å². The van der Waals surface area contributed by atoms with Crippen LogP contribution in [0.15, 0.2) is 36.5 Å². The summed E-state index contributed by atoms with van der Waals surface area (Å²) in [4.78, 5) is 8.40. The molecule has 3 N–H and O–H groups in total. The number of ether oxygens (including phenoxy) is 1. The molecule has 0 aliphatic rings. The SMILES string of the molecule is CCOc1ccnc(Nc2ccccc2CN)n1. The fourth-order valence-corrected chi connectivity index (χ4v) is 1.57. The highest BCUT2D eigenvalue weighted by atomic mass is 16.5. The average Bonchev–Trinajstić information content (AvgIpc) is 2.40. The lowest BCUT2D eigenvalue weighted by atomic mass is 10.2. The third-order valence-corrected chi connectivity index (χ3v) is 2.41. The van der Waals surface area contributed by atoms with Crippen LogP contribution < -0.4 is 15.8 Å². The molecule has 0 saturated carbocycles. The molecule has 94 valence electrons. The zero-order valence-electron chi connectivity index (χ0n) is 10.3. The van der Waals surface area contributed by atoms with Gasteiger partial charge in [0.15, 0.2) is 0 Å². The molecule has 1 aromatic carbocycles. The number of rotatable bonds is 5. The number of hydrogen-bond donors (Lipinski definition) is 2. The highest BCUT2D eigenvalue weighted by molar-refractivity contribution is 5.58. The molecule has 0 fully saturated rings. The highest BCUT2D eigenvalue weighted by Gasteiger charge is 2.03. The minimum absolute atomic E-state index is 0.467. The molecule has 18 heavy (non-hydrogen) atoms. The van der Waals surface area contributed by atoms with E-state index in [9.17, 15) is 0 Å². The van der Waals surface area contributed by atoms with Crippen LogP contribution >= 0.6 is 0 Å². The van der Waals surface area contributed by atoms with E-state index in [1.165, 1.54) is 0 Å². The Morgan fingerprint density at radius 3 is 2.89 bits per heavy atom. The molecule has 0 aliphatic carbocycles. The summed E-state index contributed by atoms with van der Waals surface area (Å²) in [6, 6.07) is 9.52. The fraction of sp³-hybridized carbons (Fsp3) is 0.231. The Bertz CT molecular complexity index is 516. The third-order valence-electron chi connectivity index (χ3n) is 2.41. The van der Waals surface area contributed by atoms with Gasteiger partial charge in [-0.1, -0.05) is 18.2 Å². The van der Waals surface area contributed by atoms with Crippen molar-refractivity contribution in [3.63, 3.8) is 0 Å². The quantitative estimate of drug-likeness (QED) is 0.842. The lowest BCUT2D eigenvalue weighted by Gasteiger charge is -2.10. The van der Waals surface area contributed by atoms with Gasteiger partial charge in [-0.2, -0.15) is 4.98 Å². The molecule has 0 aliphatic heterocycles. The van der Waals surface area contributed by atoms with E-state index in [4.69, 9.17) is 10.5 Å². The van der Waals surface area contributed by atoms with Crippen molar-refractivity contribution in [1.29, 1.82) is 0 Å². The van der Waals surface area contributed by atoms with Crippen LogP contribution in [0.25, 0.3) is 0 Å². The fourth-order valence-electron chi connectivity index (χ4n) is 1.57. The number of para-hydroxylation sites is 1. The first kappa shape index (κ1) is 12.3. The Kier molecular flexibility index (Phi) is 4.09. The minimum Gasteiger partial charge on any atom is -0.478 e. The standard InChI is InChI=1S/C13H16N4O/c1-2-18-12-7-8-15-13(17-12)16-11-6-4-3-5-10(11)9-14/h3-8H,2,9,14H2,1H3,(H,15,16,17). The van der Waals surface area contributed by atoms with Crippen molar-refractivity contribution in [2.24, 2.45) is 5.73 Å². The van der Waals surface area contributed by atoms with Crippen LogP contribution in [0.1, 0.15) is 12.5 Å². The van der Waals surface area contributed by atoms with Crippen LogP contribution in [0, 0.1) is 0 Å². The predicted molar refractivity (Wildman–Crippen MR) is 70.8 cm³/mol. The van der Waals surface area contributed by atoms with E-state index in [0.717, 1.165) is 11.3 Å². The molecule has 0 bridgehead atoms. The van der Waals surface area contributed by atoms with E-state index in [-0.39, 0.29) is 0 Å². The molecule has 5 heteroatoms. The topological polar surface area (TPSA) is 73.1 Å². The molecule has 0 atom stereocenters. The van der Waals surface area contributed by atoms with E-state index < -0.39 is 0 Å². The van der Waals surface area contributed by atoms with E-state index >= 15 is 0 Å². The summed E-state index contributed by atoms with van der Waals surface area (Å²) < 4.78 is 5.32. The number of benzene rings is 1. The molecule has 2 rings (SSSR count). The Morgan fingerprint density at radius 1 is 1.28 bits per heavy atom. The Balaban J connectivity index is 2.20. The van der Waals surface area contributed by atoms with Crippen molar-refractivity contribution in [3.8, 4) is 5.88 Å². The van der Waals surface area contributed by atoms with Gasteiger partial charge in [0.2, 0.25) is 11.8 Å². The number of aromatic nitrogens is 2. The molecular formula is C13H16N4O. The van der Waals surface area contributed by atoms with Gasteiger partial charge in [-0.3, -0.25) is 0 Å². The first-order chi connectivity index (χ1) is 8.83. The van der Waals surface area contributed by atoms with Gasteiger partial charge in [0.1, 0.15) is 0 Å². The molecule has 5 nitrogen and oxygen atoms in total. The maximum absolute atomic E-state index is 5.68. The summed E-state index contributed by atoms with van der Waals surface area (Å²) in [7, 11) is 0. The van der Waals surface area contributed by atoms with Gasteiger partial charge >= 0.3 is 0 Å². The average molecular weight is 244 g/mol. The summed E-state index contributed by atoms with van der Waals surface area (Å²) in [6.07, 6.45) is 1.66. The second-order valence-corrected chi connectivity index (χ2v) is 3.64. The largest absolute Gasteiger partial charge is 0.478 e. The van der Waals surface area contributed by atoms with Crippen LogP contribution in [-0.2, 0) is 6.54 Å². The first-order valence-electron chi connectivity index (χ1n) is 5.84. The Hall–Kier alpha value is -2.14. The van der Waals surface area contributed by atoms with Crippen LogP contribution in [0.5, 0.6) is 5.88 Å². The van der Waals surface area contributed by atoms with E-state index in [0.29, 0.717) is 25.0 Å². The summed E-state index contributed by atoms with van der Waals surface area (Å²) >= 11 is 0. The van der Waals surface area contributed by atoms with Crippen molar-refractivity contribution in [2.75, 3.05) is 11.9 Å². The normalized spacial score (nSPS) is 10.1. The molecule has 1 heterocycles. The smallest absolute Gasteiger partial charge is 0.230 e. The second kappa shape index (κ2) is 5.97. The summed E-state index contributed by atoms with van der Waals surface area (Å²) in [5.41, 5.74) is 7.60. The van der Waals surface area contributed by atoms with Crippen LogP contribution in [0.3, 0.4) is 0 Å². The van der Waals surface area contributed by atoms with Gasteiger partial charge < -0.3 is 15.8 Å². The van der Waals surface area contributed by atoms with Gasteiger partial charge in [0.25, 0.3) is 0 Å². The summed E-state index contributed by atoms with van der Waals surface area (Å²) in [5, 5.41) is 3.14. The van der Waals surface area contributed by atoms with Crippen LogP contribution in [-0.4, -0.2) is 16.6 Å². The summed E-state index contributed by atoms with van der Waals surface area (Å²) in [6.45, 7) is 2.96. The lowest BCUT2D eigenvalue weighted by Crippen LogP contribution is -2.04. The lowest BCUT2D eigenvalue weighted by molar-refractivity contribution is 0.327. The van der Waals surface area contributed by atoms with Crippen molar-refractivity contribution in [3.05, 3.63) is 42.1 Å². The first-order valence-corrected chi connectivity index (χ1v) is 5.84. The molecule has 0 amide bonds. The zero-order chi connectivity index (χ0) is 12.8. The van der Waals surface area contributed by atoms with Crippen molar-refractivity contribution < 1.29 is 4.74 Å². The predicted octanol–water partition coefficient (Wildman–Crippen LogP) is 2.08. The van der Waals surface area contributed by atoms with Crippen LogP contribution in [0.2, 0.25) is 0 Å². The van der Waals surface area contributed by atoms with E-state index in [2.05, 4.69) is 15.3 Å². The molecule has 0 radical (unpaired) electrons. The van der Waals surface area contributed by atoms with Gasteiger partial charge in [-0.05, 0) is 18.6 Å². The van der Waals surface area contributed by atoms with E-state index in [1.54, 1.807) is 12.3 Å². The molecule has 1 aromatic heterocycles. The van der Waals surface area contributed by atoms with Gasteiger partial charge in [0.05, 0.1) is 6.61 Å². The van der Waals surface area contributed by atoms with Gasteiger partial charge in [0, 0.05) is 24.5 Å². The molecule has 2 aromatic rings. The van der Waals surface area contributed by atoms with Crippen molar-refractivity contribution in [1.82, 2.24) is 9.97 Å². The number of nitrogens with zero attached hydrogens (tertiary/aromatic N) is 2. The summed E-state index contributed by atoms with van der Waals surface area (Å²) in [5.74, 6) is 1.06. The molecular weight excluding hydrogens is 228 g/mol. The van der Waals surface area contributed by atoms with Crippen molar-refractivity contribution >= 4 is 11.6 Å². The number of nitrogens with two attached hydrogens (primary N) is 1. The van der Waals surface area contributed by atoms with Crippen molar-refractivity contribution in [2.45, 2.75) is 13.5 Å². The number of nitrogens with one attached hydrogen (secondary N) is 1. The third kappa shape index (κ3) is 2.95. The van der Waals surface area contributed by atoms with Gasteiger partial charge in [-0.15, -0.1) is 0 Å². The minimum atomic E-state index is 0.467. The second-order valence-electron chi connectivity index (χ2n) is 3.64. The highest BCUT2D eigenvalue weighted by Crippen LogP contribution is 2.19. The van der Waals surface area contributed by atoms with Gasteiger partial charge in [-0.25, -0.2) is 4.98 Å². The molecule has 0 spiro atoms.